The summed E-state index contributed by atoms with van der Waals surface area (Å²) in [4.78, 5) is 36.8. The van der Waals surface area contributed by atoms with Crippen molar-refractivity contribution in [2.75, 3.05) is 18.4 Å². The largest absolute Gasteiger partial charge is 0.338 e. The molecule has 1 N–H and O–H groups in total. The van der Waals surface area contributed by atoms with Gasteiger partial charge in [0.05, 0.1) is 23.4 Å². The molecule has 0 spiro atoms. The third-order valence-corrected chi connectivity index (χ3v) is 5.70. The Bertz CT molecular complexity index is 1140. The van der Waals surface area contributed by atoms with Crippen molar-refractivity contribution >= 4 is 28.7 Å². The average molecular weight is 421 g/mol. The van der Waals surface area contributed by atoms with Gasteiger partial charge in [-0.15, -0.1) is 0 Å². The summed E-state index contributed by atoms with van der Waals surface area (Å²) in [5.41, 5.74) is 2.87. The predicted molar refractivity (Wildman–Crippen MR) is 119 cm³/mol. The van der Waals surface area contributed by atoms with Crippen molar-refractivity contribution in [3.05, 3.63) is 47.4 Å². The van der Waals surface area contributed by atoms with Crippen molar-refractivity contribution in [1.82, 2.24) is 24.6 Å². The van der Waals surface area contributed by atoms with Gasteiger partial charge in [-0.05, 0) is 58.7 Å². The van der Waals surface area contributed by atoms with E-state index in [1.165, 1.54) is 0 Å². The van der Waals surface area contributed by atoms with Crippen LogP contribution in [0.25, 0.3) is 11.0 Å². The summed E-state index contributed by atoms with van der Waals surface area (Å²) in [6.07, 6.45) is 3.28. The quantitative estimate of drug-likeness (QED) is 0.697. The number of likely N-dealkylation sites (tertiary alicyclic amines) is 1. The van der Waals surface area contributed by atoms with Gasteiger partial charge >= 0.3 is 0 Å². The molecule has 0 aromatic carbocycles. The van der Waals surface area contributed by atoms with E-state index in [1.807, 2.05) is 50.6 Å². The lowest BCUT2D eigenvalue weighted by Gasteiger charge is -2.32. The zero-order valence-corrected chi connectivity index (χ0v) is 18.4. The van der Waals surface area contributed by atoms with Crippen LogP contribution in [0, 0.1) is 19.8 Å². The second-order valence-corrected chi connectivity index (χ2v) is 8.46. The van der Waals surface area contributed by atoms with Gasteiger partial charge in [-0.2, -0.15) is 5.10 Å². The molecule has 8 heteroatoms. The summed E-state index contributed by atoms with van der Waals surface area (Å²) in [6.45, 7) is 8.85. The van der Waals surface area contributed by atoms with E-state index in [4.69, 9.17) is 0 Å². The minimum absolute atomic E-state index is 0.0876. The molecule has 1 fully saturated rings. The number of anilines is 1. The molecule has 1 saturated heterocycles. The summed E-state index contributed by atoms with van der Waals surface area (Å²) in [6, 6.07) is 7.58. The molecule has 8 nitrogen and oxygen atoms in total. The first-order chi connectivity index (χ1) is 14.8. The zero-order valence-electron chi connectivity index (χ0n) is 18.4. The molecule has 4 rings (SSSR count). The second kappa shape index (κ2) is 8.45. The number of rotatable bonds is 4. The van der Waals surface area contributed by atoms with E-state index in [-0.39, 0.29) is 23.8 Å². The highest BCUT2D eigenvalue weighted by Crippen LogP contribution is 2.24. The fourth-order valence-electron chi connectivity index (χ4n) is 4.05. The summed E-state index contributed by atoms with van der Waals surface area (Å²) in [5, 5.41) is 8.14. The Hall–Kier alpha value is -3.29. The van der Waals surface area contributed by atoms with Gasteiger partial charge in [0.1, 0.15) is 5.82 Å². The second-order valence-electron chi connectivity index (χ2n) is 8.46. The standard InChI is InChI=1S/C23H28N6O2/c1-14(2)29-21-18(12-24-29)11-19(16(4)26-21)23(31)28-10-6-8-17(13-28)22(30)27-20-9-5-7-15(3)25-20/h5,7,9,11-12,14,17H,6,8,10,13H2,1-4H3,(H,25,27,30). The SMILES string of the molecule is Cc1cccc(NC(=O)C2CCCN(C(=O)c3cc4cnn(C(C)C)c4nc3C)C2)n1. The molecule has 4 heterocycles. The normalized spacial score (nSPS) is 16.7. The highest BCUT2D eigenvalue weighted by atomic mass is 16.2. The van der Waals surface area contributed by atoms with Gasteiger partial charge < -0.3 is 10.2 Å². The third kappa shape index (κ3) is 4.28. The van der Waals surface area contributed by atoms with Crippen LogP contribution in [0.1, 0.15) is 54.5 Å². The first-order valence-electron chi connectivity index (χ1n) is 10.7. The topological polar surface area (TPSA) is 93.0 Å². The molecule has 162 valence electrons. The van der Waals surface area contributed by atoms with E-state index >= 15 is 0 Å². The Kier molecular flexibility index (Phi) is 5.71. The van der Waals surface area contributed by atoms with Crippen molar-refractivity contribution in [2.45, 2.75) is 46.6 Å². The minimum atomic E-state index is -0.263. The summed E-state index contributed by atoms with van der Waals surface area (Å²) >= 11 is 0. The molecule has 3 aromatic rings. The zero-order chi connectivity index (χ0) is 22.1. The molecule has 1 unspecified atom stereocenters. The van der Waals surface area contributed by atoms with Crippen molar-refractivity contribution in [3.8, 4) is 0 Å². The maximum absolute atomic E-state index is 13.3. The molecule has 0 aliphatic carbocycles. The lowest BCUT2D eigenvalue weighted by atomic mass is 9.96. The van der Waals surface area contributed by atoms with Crippen LogP contribution in [0.2, 0.25) is 0 Å². The van der Waals surface area contributed by atoms with Gasteiger partial charge in [-0.1, -0.05) is 6.07 Å². The van der Waals surface area contributed by atoms with E-state index < -0.39 is 0 Å². The summed E-state index contributed by atoms with van der Waals surface area (Å²) < 4.78 is 1.86. The number of aryl methyl sites for hydroxylation is 2. The van der Waals surface area contributed by atoms with E-state index in [0.717, 1.165) is 29.6 Å². The first-order valence-corrected chi connectivity index (χ1v) is 10.7. The highest BCUT2D eigenvalue weighted by molar-refractivity contribution is 5.99. The molecular formula is C23H28N6O2. The van der Waals surface area contributed by atoms with Crippen LogP contribution in [0.3, 0.4) is 0 Å². The van der Waals surface area contributed by atoms with E-state index in [2.05, 4.69) is 20.4 Å². The molecule has 0 bridgehead atoms. The van der Waals surface area contributed by atoms with Gasteiger partial charge in [0.2, 0.25) is 5.91 Å². The molecule has 1 aliphatic heterocycles. The molecule has 1 atom stereocenters. The summed E-state index contributed by atoms with van der Waals surface area (Å²) in [7, 11) is 0. The van der Waals surface area contributed by atoms with Crippen LogP contribution in [0.4, 0.5) is 5.82 Å². The van der Waals surface area contributed by atoms with Gasteiger partial charge in [-0.25, -0.2) is 14.6 Å². The molecule has 31 heavy (non-hydrogen) atoms. The number of fused-ring (bicyclic) bond motifs is 1. The maximum atomic E-state index is 13.3. The van der Waals surface area contributed by atoms with E-state index in [0.29, 0.717) is 30.2 Å². The number of nitrogens with zero attached hydrogens (tertiary/aromatic N) is 5. The number of amides is 2. The first kappa shape index (κ1) is 21.0. The van der Waals surface area contributed by atoms with E-state index in [1.54, 1.807) is 17.2 Å². The Morgan fingerprint density at radius 2 is 2.00 bits per heavy atom. The fraction of sp³-hybridized carbons (Fsp3) is 0.435. The fourth-order valence-corrected chi connectivity index (χ4v) is 4.05. The van der Waals surface area contributed by atoms with Crippen molar-refractivity contribution in [1.29, 1.82) is 0 Å². The number of hydrogen-bond acceptors (Lipinski definition) is 5. The Morgan fingerprint density at radius 1 is 1.19 bits per heavy atom. The van der Waals surface area contributed by atoms with E-state index in [9.17, 15) is 9.59 Å². The minimum Gasteiger partial charge on any atom is -0.338 e. The number of pyridine rings is 2. The predicted octanol–water partition coefficient (Wildman–Crippen LogP) is 3.51. The molecule has 1 aliphatic rings. The van der Waals surface area contributed by atoms with Crippen molar-refractivity contribution in [3.63, 3.8) is 0 Å². The Morgan fingerprint density at radius 3 is 2.74 bits per heavy atom. The van der Waals surface area contributed by atoms with Crippen LogP contribution in [-0.2, 0) is 4.79 Å². The molecule has 2 amide bonds. The average Bonchev–Trinajstić information content (AvgIpc) is 3.15. The number of hydrogen-bond donors (Lipinski definition) is 1. The van der Waals surface area contributed by atoms with Gasteiger partial charge in [0.15, 0.2) is 5.65 Å². The number of piperidine rings is 1. The van der Waals surface area contributed by atoms with Crippen LogP contribution in [-0.4, -0.2) is 49.6 Å². The number of carbonyl (C=O) groups is 2. The van der Waals surface area contributed by atoms with Gasteiger partial charge in [-0.3, -0.25) is 9.59 Å². The van der Waals surface area contributed by atoms with Crippen LogP contribution in [0.5, 0.6) is 0 Å². The van der Waals surface area contributed by atoms with Crippen molar-refractivity contribution in [2.24, 2.45) is 5.92 Å². The lowest BCUT2D eigenvalue weighted by Crippen LogP contribution is -2.44. The molecule has 0 saturated carbocycles. The number of aromatic nitrogens is 4. The monoisotopic (exact) mass is 420 g/mol. The lowest BCUT2D eigenvalue weighted by molar-refractivity contribution is -0.121. The summed E-state index contributed by atoms with van der Waals surface area (Å²) in [5.74, 6) is 0.0938. The number of carbonyl (C=O) groups excluding carboxylic acids is 2. The van der Waals surface area contributed by atoms with Crippen LogP contribution in [0.15, 0.2) is 30.5 Å². The van der Waals surface area contributed by atoms with Crippen molar-refractivity contribution < 1.29 is 9.59 Å². The number of nitrogens with one attached hydrogen (secondary N) is 1. The van der Waals surface area contributed by atoms with Gasteiger partial charge in [0, 0.05) is 30.2 Å². The molecular weight excluding hydrogens is 392 g/mol. The maximum Gasteiger partial charge on any atom is 0.255 e. The Balaban J connectivity index is 1.51. The molecule has 0 radical (unpaired) electrons. The van der Waals surface area contributed by atoms with Crippen LogP contribution >= 0.6 is 0 Å². The third-order valence-electron chi connectivity index (χ3n) is 5.70. The van der Waals surface area contributed by atoms with Gasteiger partial charge in [0.25, 0.3) is 5.91 Å². The smallest absolute Gasteiger partial charge is 0.255 e. The highest BCUT2D eigenvalue weighted by Gasteiger charge is 2.30. The van der Waals surface area contributed by atoms with Crippen LogP contribution < -0.4 is 5.32 Å². The molecule has 3 aromatic heterocycles. The Labute approximate surface area is 181 Å².